The molecular weight excluding hydrogens is 212 g/mol. The van der Waals surface area contributed by atoms with Gasteiger partial charge in [0.25, 0.3) is 0 Å². The molecule has 1 aliphatic rings. The zero-order valence-electron chi connectivity index (χ0n) is 9.27. The fourth-order valence-corrected chi connectivity index (χ4v) is 1.83. The van der Waals surface area contributed by atoms with E-state index in [1.165, 1.54) is 0 Å². The van der Waals surface area contributed by atoms with Crippen molar-refractivity contribution in [2.24, 2.45) is 0 Å². The maximum Gasteiger partial charge on any atom is 0.0933 e. The molecule has 0 atom stereocenters. The van der Waals surface area contributed by atoms with E-state index in [1.807, 2.05) is 41.2 Å². The van der Waals surface area contributed by atoms with Crippen molar-refractivity contribution in [1.29, 1.82) is 0 Å². The van der Waals surface area contributed by atoms with Gasteiger partial charge in [-0.1, -0.05) is 35.6 Å². The van der Waals surface area contributed by atoms with Crippen LogP contribution in [0, 0.1) is 0 Å². The molecule has 0 unspecified atom stereocenters. The summed E-state index contributed by atoms with van der Waals surface area (Å²) in [6, 6.07) is 5.86. The van der Waals surface area contributed by atoms with Crippen molar-refractivity contribution < 1.29 is 0 Å². The lowest BCUT2D eigenvalue weighted by Gasteiger charge is -1.99. The van der Waals surface area contributed by atoms with E-state index in [-0.39, 0.29) is 5.92 Å². The summed E-state index contributed by atoms with van der Waals surface area (Å²) in [4.78, 5) is 4.26. The standard InChI is InChI=1S/C13H12N4/c1-2-6-11(5-1)13-10-17(16-15-13)9-12-7-3-4-8-14-12/h1-8,10-11H,9H2. The average Bonchev–Trinajstić information content (AvgIpc) is 3.00. The summed E-state index contributed by atoms with van der Waals surface area (Å²) in [7, 11) is 0. The van der Waals surface area contributed by atoms with Crippen LogP contribution in [0.5, 0.6) is 0 Å². The van der Waals surface area contributed by atoms with Crippen molar-refractivity contribution in [2.75, 3.05) is 0 Å². The summed E-state index contributed by atoms with van der Waals surface area (Å²) in [6.45, 7) is 0.661. The van der Waals surface area contributed by atoms with Crippen LogP contribution in [0.25, 0.3) is 0 Å². The van der Waals surface area contributed by atoms with E-state index in [1.54, 1.807) is 6.20 Å². The first-order valence-electron chi connectivity index (χ1n) is 5.57. The Kier molecular flexibility index (Phi) is 2.54. The summed E-state index contributed by atoms with van der Waals surface area (Å²) in [5, 5.41) is 8.29. The number of pyridine rings is 1. The van der Waals surface area contributed by atoms with Gasteiger partial charge < -0.3 is 0 Å². The molecule has 0 aliphatic heterocycles. The van der Waals surface area contributed by atoms with Gasteiger partial charge in [-0.2, -0.15) is 0 Å². The summed E-state index contributed by atoms with van der Waals surface area (Å²) in [5.41, 5.74) is 1.97. The topological polar surface area (TPSA) is 43.6 Å². The summed E-state index contributed by atoms with van der Waals surface area (Å²) < 4.78 is 1.82. The zero-order chi connectivity index (χ0) is 11.5. The van der Waals surface area contributed by atoms with Gasteiger partial charge in [0, 0.05) is 18.3 Å². The summed E-state index contributed by atoms with van der Waals surface area (Å²) in [6.07, 6.45) is 12.0. The predicted molar refractivity (Wildman–Crippen MR) is 64.4 cm³/mol. The van der Waals surface area contributed by atoms with E-state index in [2.05, 4.69) is 27.4 Å². The predicted octanol–water partition coefficient (Wildman–Crippen LogP) is 1.93. The molecule has 2 heterocycles. The van der Waals surface area contributed by atoms with Crippen LogP contribution in [0.1, 0.15) is 17.3 Å². The Morgan fingerprint density at radius 2 is 2.06 bits per heavy atom. The minimum absolute atomic E-state index is 0.271. The maximum atomic E-state index is 4.26. The van der Waals surface area contributed by atoms with E-state index in [4.69, 9.17) is 0 Å². The average molecular weight is 224 g/mol. The Morgan fingerprint density at radius 3 is 2.82 bits per heavy atom. The highest BCUT2D eigenvalue weighted by molar-refractivity contribution is 5.29. The Balaban J connectivity index is 1.77. The second-order valence-corrected chi connectivity index (χ2v) is 3.96. The molecule has 17 heavy (non-hydrogen) atoms. The summed E-state index contributed by atoms with van der Waals surface area (Å²) in [5.74, 6) is 0.271. The Morgan fingerprint density at radius 1 is 1.18 bits per heavy atom. The van der Waals surface area contributed by atoms with Gasteiger partial charge in [0.15, 0.2) is 0 Å². The SMILES string of the molecule is C1=CC(c2cn(Cc3ccccn3)nn2)C=C1. The first-order chi connectivity index (χ1) is 8.42. The van der Waals surface area contributed by atoms with Crippen LogP contribution in [0.15, 0.2) is 54.9 Å². The van der Waals surface area contributed by atoms with Crippen molar-refractivity contribution in [2.45, 2.75) is 12.5 Å². The van der Waals surface area contributed by atoms with Gasteiger partial charge in [-0.05, 0) is 12.1 Å². The normalized spacial score (nSPS) is 14.6. The highest BCUT2D eigenvalue weighted by Crippen LogP contribution is 2.20. The minimum atomic E-state index is 0.271. The van der Waals surface area contributed by atoms with Crippen molar-refractivity contribution >= 4 is 0 Å². The molecule has 0 radical (unpaired) electrons. The van der Waals surface area contributed by atoms with Crippen LogP contribution < -0.4 is 0 Å². The molecule has 0 saturated carbocycles. The third-order valence-electron chi connectivity index (χ3n) is 2.70. The number of hydrogen-bond acceptors (Lipinski definition) is 3. The largest absolute Gasteiger partial charge is 0.259 e. The van der Waals surface area contributed by atoms with E-state index in [0.717, 1.165) is 11.4 Å². The third kappa shape index (κ3) is 2.15. The number of allylic oxidation sites excluding steroid dienone is 4. The van der Waals surface area contributed by atoms with Crippen LogP contribution in [-0.2, 0) is 6.54 Å². The third-order valence-corrected chi connectivity index (χ3v) is 2.70. The molecule has 84 valence electrons. The lowest BCUT2D eigenvalue weighted by Crippen LogP contribution is -2.01. The lowest BCUT2D eigenvalue weighted by molar-refractivity contribution is 0.638. The molecular formula is C13H12N4. The fourth-order valence-electron chi connectivity index (χ4n) is 1.83. The Labute approximate surface area is 99.3 Å². The Hall–Kier alpha value is -2.23. The first kappa shape index (κ1) is 9.96. The van der Waals surface area contributed by atoms with Gasteiger partial charge in [-0.15, -0.1) is 5.10 Å². The van der Waals surface area contributed by atoms with E-state index in [0.29, 0.717) is 6.54 Å². The molecule has 0 N–H and O–H groups in total. The van der Waals surface area contributed by atoms with Gasteiger partial charge >= 0.3 is 0 Å². The van der Waals surface area contributed by atoms with Crippen molar-refractivity contribution in [3.05, 3.63) is 66.3 Å². The molecule has 0 spiro atoms. The van der Waals surface area contributed by atoms with Crippen molar-refractivity contribution in [1.82, 2.24) is 20.0 Å². The highest BCUT2D eigenvalue weighted by Gasteiger charge is 2.11. The smallest absolute Gasteiger partial charge is 0.0933 e. The molecule has 0 aromatic carbocycles. The molecule has 4 nitrogen and oxygen atoms in total. The molecule has 4 heteroatoms. The Bertz CT molecular complexity index is 542. The second kappa shape index (κ2) is 4.33. The number of aromatic nitrogens is 4. The van der Waals surface area contributed by atoms with E-state index >= 15 is 0 Å². The molecule has 3 rings (SSSR count). The molecule has 0 amide bonds. The monoisotopic (exact) mass is 224 g/mol. The second-order valence-electron chi connectivity index (χ2n) is 3.96. The molecule has 1 aliphatic carbocycles. The van der Waals surface area contributed by atoms with E-state index in [9.17, 15) is 0 Å². The van der Waals surface area contributed by atoms with Crippen molar-refractivity contribution in [3.8, 4) is 0 Å². The number of nitrogens with zero attached hydrogens (tertiary/aromatic N) is 4. The van der Waals surface area contributed by atoms with E-state index < -0.39 is 0 Å². The van der Waals surface area contributed by atoms with Crippen LogP contribution in [0.2, 0.25) is 0 Å². The quantitative estimate of drug-likeness (QED) is 0.800. The molecule has 0 saturated heterocycles. The fraction of sp³-hybridized carbons (Fsp3) is 0.154. The van der Waals surface area contributed by atoms with Crippen LogP contribution in [0.4, 0.5) is 0 Å². The number of rotatable bonds is 3. The maximum absolute atomic E-state index is 4.26. The van der Waals surface area contributed by atoms with Crippen LogP contribution >= 0.6 is 0 Å². The molecule has 0 fully saturated rings. The number of hydrogen-bond donors (Lipinski definition) is 0. The molecule has 2 aromatic heterocycles. The first-order valence-corrected chi connectivity index (χ1v) is 5.57. The highest BCUT2D eigenvalue weighted by atomic mass is 15.4. The van der Waals surface area contributed by atoms with Crippen LogP contribution in [-0.4, -0.2) is 20.0 Å². The van der Waals surface area contributed by atoms with Gasteiger partial charge in [-0.3, -0.25) is 4.98 Å². The molecule has 2 aromatic rings. The van der Waals surface area contributed by atoms with Crippen LogP contribution in [0.3, 0.4) is 0 Å². The molecule has 0 bridgehead atoms. The lowest BCUT2D eigenvalue weighted by atomic mass is 10.1. The minimum Gasteiger partial charge on any atom is -0.259 e. The van der Waals surface area contributed by atoms with Gasteiger partial charge in [0.05, 0.1) is 17.9 Å². The zero-order valence-corrected chi connectivity index (χ0v) is 9.27. The van der Waals surface area contributed by atoms with Crippen molar-refractivity contribution in [3.63, 3.8) is 0 Å². The summed E-state index contributed by atoms with van der Waals surface area (Å²) >= 11 is 0. The van der Waals surface area contributed by atoms with Gasteiger partial charge in [0.1, 0.15) is 0 Å². The van der Waals surface area contributed by atoms with Gasteiger partial charge in [0.2, 0.25) is 0 Å². The van der Waals surface area contributed by atoms with Gasteiger partial charge in [-0.25, -0.2) is 4.68 Å².